The van der Waals surface area contributed by atoms with E-state index < -0.39 is 160 Å². The van der Waals surface area contributed by atoms with Gasteiger partial charge in [-0.05, 0) is 65.9 Å². The molecule has 3 aliphatic heterocycles. The molecule has 3 amide bonds. The Kier molecular flexibility index (Phi) is 36.3. The lowest BCUT2D eigenvalue weighted by atomic mass is 9.88. The van der Waals surface area contributed by atoms with Crippen LogP contribution in [-0.4, -0.2) is 233 Å². The molecule has 3 saturated heterocycles. The number of aliphatic hydroxyl groups is 11. The van der Waals surface area contributed by atoms with Crippen molar-refractivity contribution in [2.24, 2.45) is 5.11 Å². The highest BCUT2D eigenvalue weighted by atomic mass is 125. The molecule has 90 heavy (non-hydrogen) atoms. The molecule has 0 aliphatic carbocycles. The molecule has 16 N–H and O–H groups in total. The molecule has 0 aromatic heterocycles. The lowest BCUT2D eigenvalue weighted by molar-refractivity contribution is -0.386. The van der Waals surface area contributed by atoms with E-state index in [9.17, 15) is 85.6 Å². The summed E-state index contributed by atoms with van der Waals surface area (Å²) in [6.07, 6.45) is -5.33. The molecule has 0 bridgehead atoms. The smallest absolute Gasteiger partial charge is 0.364 e. The number of hydrogen-bond donors (Lipinski definition) is 16. The van der Waals surface area contributed by atoms with Gasteiger partial charge in [0, 0.05) is 34.8 Å². The number of ether oxygens (including phenoxy) is 6. The van der Waals surface area contributed by atoms with Crippen molar-refractivity contribution in [3.05, 3.63) is 43.9 Å². The number of aliphatic hydroxyl groups excluding tert-OH is 11. The van der Waals surface area contributed by atoms with Crippen LogP contribution in [0.3, 0.4) is 0 Å². The van der Waals surface area contributed by atoms with Crippen molar-refractivity contribution in [2.75, 3.05) is 33.0 Å². The van der Waals surface area contributed by atoms with Crippen molar-refractivity contribution in [3.63, 3.8) is 0 Å². The van der Waals surface area contributed by atoms with E-state index in [2.05, 4.69) is 32.9 Å². The van der Waals surface area contributed by atoms with Crippen LogP contribution in [0.5, 0.6) is 5.75 Å². The van der Waals surface area contributed by atoms with Crippen LogP contribution in [0, 0.1) is 3.57 Å². The Morgan fingerprint density at radius 1 is 0.789 bits per heavy atom. The zero-order valence-electron chi connectivity index (χ0n) is 51.5. The Balaban J connectivity index is 1.34. The van der Waals surface area contributed by atoms with Gasteiger partial charge in [0.15, 0.2) is 12.6 Å². The average molecular weight is 1400 g/mol. The molecule has 18 atom stereocenters. The first-order valence-corrected chi connectivity index (χ1v) is 32.7. The number of unbranched alkanes of at least 4 members (excludes halogenated alkanes) is 19. The predicted octanol–water partition coefficient (Wildman–Crippen LogP) is 2.49. The fraction of sp³-hybridized carbons (Fsp3) is 0.800. The zero-order chi connectivity index (χ0) is 66.3. The maximum absolute atomic E-state index is 13.4. The van der Waals surface area contributed by atoms with Gasteiger partial charge < -0.3 is 111 Å². The van der Waals surface area contributed by atoms with E-state index in [0.29, 0.717) is 23.0 Å². The Bertz CT molecular complexity index is 2380. The fourth-order valence-electron chi connectivity index (χ4n) is 11.1. The molecule has 30 heteroatoms. The largest absolute Gasteiger partial charge is 0.507 e. The van der Waals surface area contributed by atoms with Gasteiger partial charge in [0.25, 0.3) is 11.7 Å². The van der Waals surface area contributed by atoms with E-state index in [1.54, 1.807) is 6.08 Å². The van der Waals surface area contributed by atoms with Crippen molar-refractivity contribution in [2.45, 2.75) is 271 Å². The molecular weight excluding hydrogens is 1300 g/mol. The number of allylic oxidation sites excluding steroid dienone is 1. The number of halogens is 1. The number of azide groups is 1. The number of nitrogens with one attached hydrogen (secondary N) is 3. The molecule has 3 heterocycles. The number of phenols is 1. The van der Waals surface area contributed by atoms with E-state index in [4.69, 9.17) is 34.0 Å². The number of carboxylic acid groups (broad SMARTS) is 1. The number of carboxylic acids is 1. The minimum Gasteiger partial charge on any atom is -0.507 e. The molecule has 4 rings (SSSR count). The second-order valence-corrected chi connectivity index (χ2v) is 24.6. The van der Waals surface area contributed by atoms with Gasteiger partial charge in [-0.1, -0.05) is 133 Å². The van der Waals surface area contributed by atoms with Gasteiger partial charge in [-0.3, -0.25) is 14.4 Å². The van der Waals surface area contributed by atoms with Crippen molar-refractivity contribution in [3.8, 4) is 5.75 Å². The number of carbonyl (C=O) groups excluding carboxylic acids is 3. The second-order valence-electron chi connectivity index (χ2n) is 23.4. The van der Waals surface area contributed by atoms with Crippen molar-refractivity contribution in [1.82, 2.24) is 16.0 Å². The van der Waals surface area contributed by atoms with E-state index in [-0.39, 0.29) is 29.3 Å². The van der Waals surface area contributed by atoms with Gasteiger partial charge in [0.1, 0.15) is 72.9 Å². The number of phenolic OH excluding ortho intramolecular Hbond substituents is 1. The van der Waals surface area contributed by atoms with Gasteiger partial charge in [-0.15, -0.1) is 0 Å². The van der Waals surface area contributed by atoms with E-state index in [1.165, 1.54) is 57.1 Å². The van der Waals surface area contributed by atoms with E-state index in [0.717, 1.165) is 84.0 Å². The van der Waals surface area contributed by atoms with Gasteiger partial charge in [-0.2, -0.15) is 0 Å². The van der Waals surface area contributed by atoms with Crippen LogP contribution in [0.15, 0.2) is 29.4 Å². The number of rotatable bonds is 43. The summed E-state index contributed by atoms with van der Waals surface area (Å²) >= 11 is 1.93. The molecule has 3 aliphatic rings. The second kappa shape index (κ2) is 41.6. The lowest BCUT2D eigenvalue weighted by Crippen LogP contribution is -2.70. The van der Waals surface area contributed by atoms with Crippen LogP contribution < -0.4 is 16.0 Å². The van der Waals surface area contributed by atoms with Crippen LogP contribution in [0.2, 0.25) is 0 Å². The van der Waals surface area contributed by atoms with Gasteiger partial charge in [0.2, 0.25) is 11.8 Å². The van der Waals surface area contributed by atoms with E-state index in [1.807, 2.05) is 28.7 Å². The van der Waals surface area contributed by atoms with Crippen molar-refractivity contribution in [1.29, 1.82) is 0 Å². The maximum atomic E-state index is 13.4. The summed E-state index contributed by atoms with van der Waals surface area (Å²) in [7, 11) is 0. The molecule has 2 unspecified atom stereocenters. The normalized spacial score (nSPS) is 28.4. The van der Waals surface area contributed by atoms with Crippen LogP contribution in [0.1, 0.15) is 172 Å². The Labute approximate surface area is 538 Å². The highest BCUT2D eigenvalue weighted by Crippen LogP contribution is 2.39. The summed E-state index contributed by atoms with van der Waals surface area (Å²) in [4.78, 5) is 53.8. The van der Waals surface area contributed by atoms with Crippen LogP contribution in [0.4, 0.5) is 5.69 Å². The topological polar surface area (TPSA) is 472 Å². The van der Waals surface area contributed by atoms with Crippen LogP contribution in [0.25, 0.3) is 10.4 Å². The minimum absolute atomic E-state index is 0.0934. The first-order valence-electron chi connectivity index (χ1n) is 31.6. The number of hydrogen-bond acceptors (Lipinski definition) is 23. The number of amides is 3. The number of nitrogens with zero attached hydrogens (tertiary/aromatic N) is 3. The van der Waals surface area contributed by atoms with Gasteiger partial charge in [-0.25, -0.2) is 4.79 Å². The first kappa shape index (κ1) is 78.4. The molecule has 29 nitrogen and oxygen atoms in total. The SMILES string of the molecule is CCCCCCCCCCCCC/C=C/C(O)C(CO[C@@H]1O[C@H](CO)[C@@H](O[C@@H]2O[C@H](CO)[C@H](O)[C@H](O[C@@]3(C(=O)O)C[C@H](O)[C@@H](NC(C)=O)[C@H]([C@H](O)[C@H](O)CO)O3)[C@H]2O)[C@H](O)[C@H]1O)NC(=O)CCCCCCCCCCCNC(=O)c1cc([125I])c(N=[N+]=[N-])cc1O. The highest BCUT2D eigenvalue weighted by Gasteiger charge is 2.60. The summed E-state index contributed by atoms with van der Waals surface area (Å²) in [6, 6.07) is 0.0242. The molecule has 3 fully saturated rings. The standard InChI is InChI=1S/C60H99IN6O23/c1-3-4-5-6-7-8-9-10-11-13-16-19-22-25-40(72)39(65-46(76)26-23-20-17-14-12-15-18-21-24-27-63-56(82)36-28-37(61)38(66-67-62)29-41(36)73)34-85-57-51(80)50(79)53(45(33-70)87-57)88-58-52(81)55(49(78)44(32-69)86-58)90-60(59(83)84)30-42(74)47(64-35(2)71)54(89-60)48(77)43(75)31-68/h22,25,28-29,39-40,42-45,47-55,57-58,68-70,72-75,77-81H,3-21,23-24,26-27,30-34H2,1-2H3,(H,63,82)(H,64,71)(H,65,76)(H,83,84)/b25-22+/t39?,40?,42-,43+,44+,45+,47+,48+,49-,50+,51+,52+,53+,54+,55-,57+,58-,60+/m0/s1/i61-2. The first-order chi connectivity index (χ1) is 43.1. The number of benzene rings is 1. The summed E-state index contributed by atoms with van der Waals surface area (Å²) in [5, 5.41) is 152. The maximum Gasteiger partial charge on any atom is 0.364 e. The molecule has 0 saturated carbocycles. The predicted molar refractivity (Wildman–Crippen MR) is 330 cm³/mol. The van der Waals surface area contributed by atoms with Crippen LogP contribution in [-0.2, 0) is 42.8 Å². The Morgan fingerprint density at radius 3 is 1.96 bits per heavy atom. The summed E-state index contributed by atoms with van der Waals surface area (Å²) in [6.45, 7) is 0.148. The van der Waals surface area contributed by atoms with Crippen molar-refractivity contribution < 1.29 is 114 Å². The molecular formula is C60H99IN6O23. The minimum atomic E-state index is -3.10. The summed E-state index contributed by atoms with van der Waals surface area (Å²) in [5.41, 5.74) is 9.01. The van der Waals surface area contributed by atoms with Crippen LogP contribution >= 0.6 is 22.6 Å². The number of carbonyl (C=O) groups is 4. The summed E-state index contributed by atoms with van der Waals surface area (Å²) in [5.74, 6) is -6.97. The third-order valence-electron chi connectivity index (χ3n) is 16.3. The molecule has 1 aromatic carbocycles. The van der Waals surface area contributed by atoms with E-state index >= 15 is 0 Å². The van der Waals surface area contributed by atoms with Crippen molar-refractivity contribution >= 4 is 52.0 Å². The third kappa shape index (κ3) is 24.7. The average Bonchev–Trinajstić information content (AvgIpc) is 0.811. The monoisotopic (exact) mass is 1400 g/mol. The Hall–Kier alpha value is -4.00. The third-order valence-corrected chi connectivity index (χ3v) is 17.1. The summed E-state index contributed by atoms with van der Waals surface area (Å²) < 4.78 is 35.2. The molecule has 0 spiro atoms. The molecule has 0 radical (unpaired) electrons. The van der Waals surface area contributed by atoms with Gasteiger partial charge >= 0.3 is 5.97 Å². The quantitative estimate of drug-likeness (QED) is 0.0111. The van der Waals surface area contributed by atoms with Gasteiger partial charge in [0.05, 0.1) is 62.0 Å². The number of aliphatic carboxylic acids is 1. The number of aromatic hydroxyl groups is 1. The molecule has 514 valence electrons. The zero-order valence-corrected chi connectivity index (χ0v) is 53.7. The highest BCUT2D eigenvalue weighted by molar-refractivity contribution is 14.1. The molecule has 1 aromatic rings. The Morgan fingerprint density at radius 2 is 1.38 bits per heavy atom. The lowest BCUT2D eigenvalue weighted by Gasteiger charge is -2.50. The fourth-order valence-corrected chi connectivity index (χ4v) is 11.7.